The van der Waals surface area contributed by atoms with Gasteiger partial charge in [-0.25, -0.2) is 19.7 Å². The minimum atomic E-state index is -0.371. The lowest BCUT2D eigenvalue weighted by molar-refractivity contribution is 0.240. The average Bonchev–Trinajstić information content (AvgIpc) is 2.63. The van der Waals surface area contributed by atoms with Gasteiger partial charge in [0, 0.05) is 12.2 Å². The van der Waals surface area contributed by atoms with Crippen molar-refractivity contribution in [2.24, 2.45) is 0 Å². The highest BCUT2D eigenvalue weighted by molar-refractivity contribution is 7.78. The van der Waals surface area contributed by atoms with Gasteiger partial charge in [-0.3, -0.25) is 9.62 Å². The zero-order valence-corrected chi connectivity index (χ0v) is 15.2. The normalized spacial score (nSPS) is 10.6. The maximum Gasteiger partial charge on any atom is 0.332 e. The van der Waals surface area contributed by atoms with Gasteiger partial charge in [0.05, 0.1) is 6.20 Å². The summed E-state index contributed by atoms with van der Waals surface area (Å²) in [6, 6.07) is 8.02. The minimum Gasteiger partial charge on any atom is -0.508 e. The first kappa shape index (κ1) is 17.7. The number of hydrogen-bond donors (Lipinski definition) is 4. The van der Waals surface area contributed by atoms with E-state index in [1.54, 1.807) is 36.5 Å². The number of carbonyl (C=O) groups excluding carboxylic acids is 1. The van der Waals surface area contributed by atoms with Crippen LogP contribution in [-0.2, 0) is 0 Å². The van der Waals surface area contributed by atoms with Crippen LogP contribution in [0.4, 0.5) is 22.1 Å². The van der Waals surface area contributed by atoms with Crippen molar-refractivity contribution < 1.29 is 9.90 Å². The molecule has 0 saturated carbocycles. The number of nitrogens with one attached hydrogen (secondary N) is 2. The largest absolute Gasteiger partial charge is 0.508 e. The van der Waals surface area contributed by atoms with Crippen LogP contribution in [-0.4, -0.2) is 36.9 Å². The summed E-state index contributed by atoms with van der Waals surface area (Å²) in [5.41, 5.74) is 2.67. The Bertz CT molecular complexity index is 965. The van der Waals surface area contributed by atoms with Gasteiger partial charge in [-0.05, 0) is 49.7 Å². The van der Waals surface area contributed by atoms with Gasteiger partial charge in [-0.1, -0.05) is 12.8 Å². The van der Waals surface area contributed by atoms with Crippen LogP contribution >= 0.6 is 12.8 Å². The molecule has 1 aromatic carbocycles. The molecule has 0 aliphatic rings. The first-order valence-corrected chi connectivity index (χ1v) is 8.34. The molecule has 0 fully saturated rings. The summed E-state index contributed by atoms with van der Waals surface area (Å²) >= 11 is 4.06. The third-order valence-corrected chi connectivity index (χ3v) is 4.11. The Hall–Kier alpha value is -3.07. The quantitative estimate of drug-likeness (QED) is 0.414. The number of hydrogen-bond acceptors (Lipinski definition) is 7. The number of rotatable bonds is 4. The SMILES string of the molecule is CCN(S)C(=O)Nc1ccc2ncc(Nc3ccc(O)cc3C)nc2n1. The standard InChI is InChI=1S/C17H18N6O2S/c1-3-23(26)17(25)22-14-7-6-13-16(20-14)21-15(9-18-13)19-12-5-4-11(24)8-10(12)2/h4-9,24,26H,3H2,1-2H3,(H2,19,20,21,22,25). The molecular weight excluding hydrogens is 352 g/mol. The zero-order valence-electron chi connectivity index (χ0n) is 14.3. The van der Waals surface area contributed by atoms with E-state index in [1.165, 1.54) is 4.31 Å². The lowest BCUT2D eigenvalue weighted by atomic mass is 10.2. The second kappa shape index (κ2) is 7.44. The molecule has 9 heteroatoms. The molecule has 0 unspecified atom stereocenters. The number of thiol groups is 1. The molecule has 0 atom stereocenters. The van der Waals surface area contributed by atoms with Crippen LogP contribution in [0.5, 0.6) is 5.75 Å². The molecule has 0 spiro atoms. The number of urea groups is 1. The lowest BCUT2D eigenvalue weighted by Gasteiger charge is -2.13. The Kier molecular flexibility index (Phi) is 5.08. The number of carbonyl (C=O) groups is 1. The summed E-state index contributed by atoms with van der Waals surface area (Å²) in [5, 5.41) is 15.3. The van der Waals surface area contributed by atoms with E-state index in [4.69, 9.17) is 0 Å². The molecule has 134 valence electrons. The van der Waals surface area contributed by atoms with Crippen molar-refractivity contribution >= 4 is 47.3 Å². The third kappa shape index (κ3) is 3.94. The summed E-state index contributed by atoms with van der Waals surface area (Å²) < 4.78 is 1.24. The van der Waals surface area contributed by atoms with E-state index in [0.29, 0.717) is 29.3 Å². The smallest absolute Gasteiger partial charge is 0.332 e. The number of amides is 2. The van der Waals surface area contributed by atoms with Gasteiger partial charge in [0.15, 0.2) is 11.5 Å². The minimum absolute atomic E-state index is 0.199. The van der Waals surface area contributed by atoms with Crippen molar-refractivity contribution in [1.82, 2.24) is 19.3 Å². The van der Waals surface area contributed by atoms with Gasteiger partial charge in [0.1, 0.15) is 17.1 Å². The number of phenols is 1. The maximum atomic E-state index is 11.9. The summed E-state index contributed by atoms with van der Waals surface area (Å²) in [7, 11) is 0. The Morgan fingerprint density at radius 3 is 2.73 bits per heavy atom. The molecule has 2 heterocycles. The molecule has 0 radical (unpaired) electrons. The molecular formula is C17H18N6O2S. The van der Waals surface area contributed by atoms with E-state index in [1.807, 2.05) is 13.8 Å². The number of fused-ring (bicyclic) bond motifs is 1. The predicted molar refractivity (Wildman–Crippen MR) is 104 cm³/mol. The average molecular weight is 370 g/mol. The van der Waals surface area contributed by atoms with Crippen molar-refractivity contribution in [1.29, 1.82) is 0 Å². The van der Waals surface area contributed by atoms with Crippen molar-refractivity contribution in [3.05, 3.63) is 42.1 Å². The van der Waals surface area contributed by atoms with Crippen molar-refractivity contribution in [3.63, 3.8) is 0 Å². The second-order valence-corrected chi connectivity index (χ2v) is 6.05. The molecule has 26 heavy (non-hydrogen) atoms. The van der Waals surface area contributed by atoms with Crippen molar-refractivity contribution in [2.45, 2.75) is 13.8 Å². The van der Waals surface area contributed by atoms with Crippen LogP contribution in [0.25, 0.3) is 11.2 Å². The number of anilines is 3. The highest BCUT2D eigenvalue weighted by atomic mass is 32.1. The van der Waals surface area contributed by atoms with Gasteiger partial charge in [-0.15, -0.1) is 0 Å². The molecule has 0 aliphatic heterocycles. The van der Waals surface area contributed by atoms with Crippen LogP contribution in [0.3, 0.4) is 0 Å². The highest BCUT2D eigenvalue weighted by Gasteiger charge is 2.10. The first-order valence-electron chi connectivity index (χ1n) is 7.94. The summed E-state index contributed by atoms with van der Waals surface area (Å²) in [4.78, 5) is 25.0. The van der Waals surface area contributed by atoms with Crippen molar-refractivity contribution in [3.8, 4) is 5.75 Å². The number of pyridine rings is 1. The number of nitrogens with zero attached hydrogens (tertiary/aromatic N) is 4. The number of aromatic nitrogens is 3. The first-order chi connectivity index (χ1) is 12.5. The van der Waals surface area contributed by atoms with E-state index >= 15 is 0 Å². The van der Waals surface area contributed by atoms with Gasteiger partial charge in [0.25, 0.3) is 0 Å². The van der Waals surface area contributed by atoms with Crippen LogP contribution in [0, 0.1) is 6.92 Å². The molecule has 3 aromatic rings. The second-order valence-electron chi connectivity index (χ2n) is 5.56. The van der Waals surface area contributed by atoms with Crippen LogP contribution < -0.4 is 10.6 Å². The molecule has 3 N–H and O–H groups in total. The molecule has 0 saturated heterocycles. The lowest BCUT2D eigenvalue weighted by Crippen LogP contribution is -2.27. The fraction of sp³-hybridized carbons (Fsp3) is 0.176. The van der Waals surface area contributed by atoms with Crippen LogP contribution in [0.15, 0.2) is 36.5 Å². The Balaban J connectivity index is 1.86. The van der Waals surface area contributed by atoms with Crippen LogP contribution in [0.1, 0.15) is 12.5 Å². The van der Waals surface area contributed by atoms with E-state index in [0.717, 1.165) is 11.3 Å². The van der Waals surface area contributed by atoms with Crippen molar-refractivity contribution in [2.75, 3.05) is 17.2 Å². The summed E-state index contributed by atoms with van der Waals surface area (Å²) in [5.74, 6) is 1.07. The molecule has 0 aliphatic carbocycles. The fourth-order valence-corrected chi connectivity index (χ4v) is 2.32. The monoisotopic (exact) mass is 370 g/mol. The Morgan fingerprint density at radius 2 is 2.00 bits per heavy atom. The molecule has 8 nitrogen and oxygen atoms in total. The Labute approximate surface area is 155 Å². The summed E-state index contributed by atoms with van der Waals surface area (Å²) in [6.45, 7) is 4.15. The highest BCUT2D eigenvalue weighted by Crippen LogP contribution is 2.23. The number of aromatic hydroxyl groups is 1. The van der Waals surface area contributed by atoms with E-state index in [-0.39, 0.29) is 11.8 Å². The Morgan fingerprint density at radius 1 is 1.23 bits per heavy atom. The zero-order chi connectivity index (χ0) is 18.7. The number of aryl methyl sites for hydroxylation is 1. The summed E-state index contributed by atoms with van der Waals surface area (Å²) in [6.07, 6.45) is 1.60. The maximum absolute atomic E-state index is 11.9. The molecule has 2 aromatic heterocycles. The molecule has 2 amide bonds. The van der Waals surface area contributed by atoms with Gasteiger partial charge < -0.3 is 10.4 Å². The van der Waals surface area contributed by atoms with E-state index in [2.05, 4.69) is 38.4 Å². The fourth-order valence-electron chi connectivity index (χ4n) is 2.27. The van der Waals surface area contributed by atoms with E-state index < -0.39 is 0 Å². The van der Waals surface area contributed by atoms with Crippen LogP contribution in [0.2, 0.25) is 0 Å². The molecule has 3 rings (SSSR count). The number of phenolic OH excluding ortho intramolecular Hbond substituents is 1. The van der Waals surface area contributed by atoms with E-state index in [9.17, 15) is 9.90 Å². The molecule has 0 bridgehead atoms. The van der Waals surface area contributed by atoms with Gasteiger partial charge in [0.2, 0.25) is 0 Å². The third-order valence-electron chi connectivity index (χ3n) is 3.65. The topological polar surface area (TPSA) is 103 Å². The number of benzene rings is 1. The predicted octanol–water partition coefficient (Wildman–Crippen LogP) is 3.48. The van der Waals surface area contributed by atoms with Gasteiger partial charge in [-0.2, -0.15) is 0 Å². The van der Waals surface area contributed by atoms with Gasteiger partial charge >= 0.3 is 6.03 Å².